The minimum atomic E-state index is 0.117. The number of nitrogens with one attached hydrogen (secondary N) is 1. The van der Waals surface area contributed by atoms with Gasteiger partial charge < -0.3 is 5.32 Å². The monoisotopic (exact) mass is 219 g/mol. The number of halogens is 1. The predicted octanol–water partition coefficient (Wildman–Crippen LogP) is 1.83. The number of hydrogen-bond acceptors (Lipinski definition) is 1. The molecular weight excluding hydrogens is 206 g/mol. The standard InChI is InChI=1S/C8H14BrNO/c1-2-8(4-3-5-8)10-7(11)6-9/h2-6H2,1H3,(H,10,11). The Balaban J connectivity index is 2.38. The maximum atomic E-state index is 11.0. The van der Waals surface area contributed by atoms with Crippen molar-refractivity contribution in [1.82, 2.24) is 5.32 Å². The summed E-state index contributed by atoms with van der Waals surface area (Å²) in [6.45, 7) is 2.13. The van der Waals surface area contributed by atoms with Gasteiger partial charge in [-0.05, 0) is 25.7 Å². The summed E-state index contributed by atoms with van der Waals surface area (Å²) < 4.78 is 0. The number of alkyl halides is 1. The lowest BCUT2D eigenvalue weighted by Gasteiger charge is -2.41. The van der Waals surface area contributed by atoms with Crippen LogP contribution in [0.3, 0.4) is 0 Å². The van der Waals surface area contributed by atoms with E-state index in [-0.39, 0.29) is 11.4 Å². The fraction of sp³-hybridized carbons (Fsp3) is 0.875. The molecule has 1 aliphatic carbocycles. The van der Waals surface area contributed by atoms with Gasteiger partial charge in [-0.15, -0.1) is 0 Å². The Morgan fingerprint density at radius 3 is 2.55 bits per heavy atom. The molecule has 1 aliphatic rings. The van der Waals surface area contributed by atoms with Crippen molar-refractivity contribution in [2.24, 2.45) is 0 Å². The van der Waals surface area contributed by atoms with Gasteiger partial charge in [0, 0.05) is 5.54 Å². The van der Waals surface area contributed by atoms with Crippen LogP contribution in [0.1, 0.15) is 32.6 Å². The molecule has 0 aromatic heterocycles. The molecule has 1 amide bonds. The largest absolute Gasteiger partial charge is 0.350 e. The van der Waals surface area contributed by atoms with Gasteiger partial charge in [0.1, 0.15) is 0 Å². The molecule has 0 unspecified atom stereocenters. The van der Waals surface area contributed by atoms with Gasteiger partial charge in [-0.2, -0.15) is 0 Å². The van der Waals surface area contributed by atoms with E-state index in [2.05, 4.69) is 28.2 Å². The SMILES string of the molecule is CCC1(NC(=O)CBr)CCC1. The molecule has 0 aromatic carbocycles. The molecule has 0 spiro atoms. The number of carbonyl (C=O) groups is 1. The lowest BCUT2D eigenvalue weighted by molar-refractivity contribution is -0.121. The quantitative estimate of drug-likeness (QED) is 0.722. The van der Waals surface area contributed by atoms with E-state index in [9.17, 15) is 4.79 Å². The first-order valence-electron chi connectivity index (χ1n) is 4.09. The molecule has 3 heteroatoms. The fourth-order valence-corrected chi connectivity index (χ4v) is 1.64. The Bertz CT molecular complexity index is 149. The summed E-state index contributed by atoms with van der Waals surface area (Å²) in [7, 11) is 0. The first-order valence-corrected chi connectivity index (χ1v) is 5.21. The first-order chi connectivity index (χ1) is 5.22. The van der Waals surface area contributed by atoms with Crippen molar-refractivity contribution in [3.05, 3.63) is 0 Å². The molecule has 0 aliphatic heterocycles. The molecule has 1 N–H and O–H groups in total. The van der Waals surface area contributed by atoms with Crippen LogP contribution in [-0.4, -0.2) is 16.8 Å². The Labute approximate surface area is 75.9 Å². The average Bonchev–Trinajstić information content (AvgIpc) is 1.96. The Morgan fingerprint density at radius 1 is 1.64 bits per heavy atom. The Morgan fingerprint density at radius 2 is 2.27 bits per heavy atom. The number of amides is 1. The lowest BCUT2D eigenvalue weighted by Crippen LogP contribution is -2.53. The smallest absolute Gasteiger partial charge is 0.231 e. The van der Waals surface area contributed by atoms with E-state index in [1.807, 2.05) is 0 Å². The van der Waals surface area contributed by atoms with Gasteiger partial charge in [-0.3, -0.25) is 4.79 Å². The molecule has 0 heterocycles. The number of hydrogen-bond donors (Lipinski definition) is 1. The zero-order valence-corrected chi connectivity index (χ0v) is 8.41. The molecule has 1 fully saturated rings. The van der Waals surface area contributed by atoms with Crippen LogP contribution in [0.15, 0.2) is 0 Å². The lowest BCUT2D eigenvalue weighted by atomic mass is 9.75. The van der Waals surface area contributed by atoms with E-state index in [1.54, 1.807) is 0 Å². The summed E-state index contributed by atoms with van der Waals surface area (Å²) in [6.07, 6.45) is 4.63. The van der Waals surface area contributed by atoms with Crippen LogP contribution in [0.4, 0.5) is 0 Å². The summed E-state index contributed by atoms with van der Waals surface area (Å²) in [5.41, 5.74) is 0.158. The molecule has 0 atom stereocenters. The van der Waals surface area contributed by atoms with Gasteiger partial charge in [-0.25, -0.2) is 0 Å². The minimum absolute atomic E-state index is 0.117. The van der Waals surface area contributed by atoms with Gasteiger partial charge in [0.15, 0.2) is 0 Å². The summed E-state index contributed by atoms with van der Waals surface area (Å²) in [4.78, 5) is 11.0. The van der Waals surface area contributed by atoms with E-state index < -0.39 is 0 Å². The molecule has 0 aromatic rings. The van der Waals surface area contributed by atoms with Gasteiger partial charge >= 0.3 is 0 Å². The first kappa shape index (κ1) is 9.04. The highest BCUT2D eigenvalue weighted by atomic mass is 79.9. The summed E-state index contributed by atoms with van der Waals surface area (Å²) in [5, 5.41) is 3.47. The average molecular weight is 220 g/mol. The van der Waals surface area contributed by atoms with Crippen molar-refractivity contribution < 1.29 is 4.79 Å². The Kier molecular flexibility index (Phi) is 2.93. The zero-order chi connectivity index (χ0) is 8.32. The van der Waals surface area contributed by atoms with Crippen LogP contribution in [0, 0.1) is 0 Å². The molecule has 0 radical (unpaired) electrons. The second-order valence-electron chi connectivity index (χ2n) is 3.17. The van der Waals surface area contributed by atoms with Crippen molar-refractivity contribution in [2.75, 3.05) is 5.33 Å². The highest BCUT2D eigenvalue weighted by molar-refractivity contribution is 9.09. The maximum Gasteiger partial charge on any atom is 0.231 e. The predicted molar refractivity (Wildman–Crippen MR) is 48.8 cm³/mol. The van der Waals surface area contributed by atoms with Crippen LogP contribution < -0.4 is 5.32 Å². The van der Waals surface area contributed by atoms with Crippen LogP contribution >= 0.6 is 15.9 Å². The summed E-state index contributed by atoms with van der Waals surface area (Å²) >= 11 is 3.14. The van der Waals surface area contributed by atoms with Gasteiger partial charge in [-0.1, -0.05) is 22.9 Å². The van der Waals surface area contributed by atoms with E-state index in [0.29, 0.717) is 5.33 Å². The molecular formula is C8H14BrNO. The third-order valence-electron chi connectivity index (χ3n) is 2.51. The summed E-state index contributed by atoms with van der Waals surface area (Å²) in [5.74, 6) is 0.117. The minimum Gasteiger partial charge on any atom is -0.350 e. The maximum absolute atomic E-state index is 11.0. The van der Waals surface area contributed by atoms with Crippen LogP contribution in [-0.2, 0) is 4.79 Å². The van der Waals surface area contributed by atoms with E-state index >= 15 is 0 Å². The third kappa shape index (κ3) is 1.95. The Hall–Kier alpha value is -0.0500. The van der Waals surface area contributed by atoms with Crippen molar-refractivity contribution in [2.45, 2.75) is 38.1 Å². The molecule has 0 bridgehead atoms. The molecule has 64 valence electrons. The topological polar surface area (TPSA) is 29.1 Å². The van der Waals surface area contributed by atoms with Gasteiger partial charge in [0.2, 0.25) is 5.91 Å². The molecule has 0 saturated heterocycles. The number of rotatable bonds is 3. The normalized spacial score (nSPS) is 20.5. The summed E-state index contributed by atoms with van der Waals surface area (Å²) in [6, 6.07) is 0. The van der Waals surface area contributed by atoms with Crippen molar-refractivity contribution in [3.8, 4) is 0 Å². The van der Waals surface area contributed by atoms with Crippen LogP contribution in [0.25, 0.3) is 0 Å². The van der Waals surface area contributed by atoms with E-state index in [1.165, 1.54) is 6.42 Å². The van der Waals surface area contributed by atoms with E-state index in [0.717, 1.165) is 19.3 Å². The molecule has 1 rings (SSSR count). The van der Waals surface area contributed by atoms with Crippen molar-refractivity contribution in [3.63, 3.8) is 0 Å². The fourth-order valence-electron chi connectivity index (χ4n) is 1.50. The third-order valence-corrected chi connectivity index (χ3v) is 3.02. The highest BCUT2D eigenvalue weighted by Crippen LogP contribution is 2.34. The molecule has 1 saturated carbocycles. The van der Waals surface area contributed by atoms with Crippen LogP contribution in [0.2, 0.25) is 0 Å². The molecule has 2 nitrogen and oxygen atoms in total. The second kappa shape index (κ2) is 3.57. The van der Waals surface area contributed by atoms with Crippen LogP contribution in [0.5, 0.6) is 0 Å². The second-order valence-corrected chi connectivity index (χ2v) is 3.73. The zero-order valence-electron chi connectivity index (χ0n) is 6.82. The van der Waals surface area contributed by atoms with E-state index in [4.69, 9.17) is 0 Å². The highest BCUT2D eigenvalue weighted by Gasteiger charge is 2.35. The number of carbonyl (C=O) groups excluding carboxylic acids is 1. The van der Waals surface area contributed by atoms with Gasteiger partial charge in [0.25, 0.3) is 0 Å². The van der Waals surface area contributed by atoms with Crippen molar-refractivity contribution in [1.29, 1.82) is 0 Å². The van der Waals surface area contributed by atoms with Crippen molar-refractivity contribution >= 4 is 21.8 Å². The molecule has 11 heavy (non-hydrogen) atoms. The van der Waals surface area contributed by atoms with Gasteiger partial charge in [0.05, 0.1) is 5.33 Å².